The number of ketones is 1. The highest BCUT2D eigenvalue weighted by Gasteiger charge is 2.65. The molecule has 1 spiro atoms. The summed E-state index contributed by atoms with van der Waals surface area (Å²) in [5, 5.41) is 0. The summed E-state index contributed by atoms with van der Waals surface area (Å²) in [6.45, 7) is 10.1. The number of carbonyl (C=O) groups excluding carboxylic acids is 1. The van der Waals surface area contributed by atoms with Gasteiger partial charge < -0.3 is 14.4 Å². The van der Waals surface area contributed by atoms with Gasteiger partial charge in [0, 0.05) is 57.7 Å². The molecule has 0 radical (unpaired) electrons. The molecule has 212 valence electrons. The lowest BCUT2D eigenvalue weighted by atomic mass is 9.70. The van der Waals surface area contributed by atoms with Crippen LogP contribution in [0.1, 0.15) is 65.2 Å². The molecule has 5 fully saturated rings. The molecular weight excluding hydrogens is 504 g/mol. The van der Waals surface area contributed by atoms with Crippen molar-refractivity contribution < 1.29 is 27.2 Å². The largest absolute Gasteiger partial charge is 0.369 e. The molecule has 2 aliphatic heterocycles. The Morgan fingerprint density at radius 3 is 2.26 bits per heavy atom. The Hall–Kier alpha value is -1.52. The van der Waals surface area contributed by atoms with Crippen LogP contribution in [0.15, 0.2) is 30.3 Å². The van der Waals surface area contributed by atoms with E-state index in [1.54, 1.807) is 0 Å². The number of fused-ring (bicyclic) bond motifs is 2. The molecule has 0 amide bonds. The van der Waals surface area contributed by atoms with Gasteiger partial charge in [-0.15, -0.1) is 0 Å². The second-order valence-electron chi connectivity index (χ2n) is 12.5. The van der Waals surface area contributed by atoms with Gasteiger partial charge in [0.1, 0.15) is 5.78 Å². The van der Waals surface area contributed by atoms with E-state index in [-0.39, 0.29) is 29.0 Å². The highest BCUT2D eigenvalue weighted by Crippen LogP contribution is 2.64. The maximum absolute atomic E-state index is 11.9. The molecule has 2 saturated heterocycles. The van der Waals surface area contributed by atoms with E-state index in [1.807, 2.05) is 13.8 Å². The second-order valence-corrected chi connectivity index (χ2v) is 14.0. The Balaban J connectivity index is 0.000000170. The number of hydrogen-bond acceptors (Lipinski definition) is 7. The zero-order valence-electron chi connectivity index (χ0n) is 22.9. The summed E-state index contributed by atoms with van der Waals surface area (Å²) in [6.07, 6.45) is 8.25. The summed E-state index contributed by atoms with van der Waals surface area (Å²) in [5.41, 5.74) is 0.222. The molecule has 38 heavy (non-hydrogen) atoms. The van der Waals surface area contributed by atoms with Crippen LogP contribution in [0.4, 0.5) is 5.69 Å². The third kappa shape index (κ3) is 5.68. The highest BCUT2D eigenvalue weighted by molar-refractivity contribution is 7.85. The van der Waals surface area contributed by atoms with Gasteiger partial charge in [0.25, 0.3) is 10.1 Å². The van der Waals surface area contributed by atoms with E-state index in [0.29, 0.717) is 12.8 Å². The number of rotatable bonds is 5. The molecule has 3 saturated carbocycles. The number of nitrogens with zero attached hydrogens (tertiary/aromatic N) is 2. The fourth-order valence-corrected chi connectivity index (χ4v) is 8.89. The van der Waals surface area contributed by atoms with Crippen molar-refractivity contribution in [1.82, 2.24) is 4.90 Å². The third-order valence-electron chi connectivity index (χ3n) is 10.1. The van der Waals surface area contributed by atoms with E-state index in [2.05, 4.69) is 40.1 Å². The lowest BCUT2D eigenvalue weighted by Gasteiger charge is -2.37. The number of hydrogen-bond donors (Lipinski definition) is 1. The first-order valence-corrected chi connectivity index (χ1v) is 16.0. The van der Waals surface area contributed by atoms with Crippen LogP contribution in [0.5, 0.6) is 0 Å². The highest BCUT2D eigenvalue weighted by atomic mass is 32.2. The minimum atomic E-state index is -4.08. The summed E-state index contributed by atoms with van der Waals surface area (Å²) in [4.78, 5) is 16.9. The number of ether oxygens (including phenoxy) is 2. The van der Waals surface area contributed by atoms with E-state index in [1.165, 1.54) is 24.9 Å². The molecule has 8 nitrogen and oxygen atoms in total. The Morgan fingerprint density at radius 2 is 1.68 bits per heavy atom. The molecule has 1 aromatic carbocycles. The molecule has 6 rings (SSSR count). The average Bonchev–Trinajstić information content (AvgIpc) is 3.43. The van der Waals surface area contributed by atoms with E-state index < -0.39 is 21.3 Å². The van der Waals surface area contributed by atoms with Crippen molar-refractivity contribution in [2.45, 2.75) is 77.1 Å². The fourth-order valence-electron chi connectivity index (χ4n) is 7.59. The van der Waals surface area contributed by atoms with Gasteiger partial charge in [-0.3, -0.25) is 14.2 Å². The number of Topliss-reactive ketones (excluding diaryl/α,β-unsaturated/α-hetero) is 1. The van der Waals surface area contributed by atoms with Gasteiger partial charge in [0.05, 0.1) is 23.9 Å². The Morgan fingerprint density at radius 1 is 1.00 bits per heavy atom. The van der Waals surface area contributed by atoms with Crippen molar-refractivity contribution >= 4 is 21.6 Å². The molecule has 1 N–H and O–H groups in total. The zero-order chi connectivity index (χ0) is 27.0. The molecule has 9 heteroatoms. The predicted octanol–water partition coefficient (Wildman–Crippen LogP) is 4.15. The van der Waals surface area contributed by atoms with Crippen molar-refractivity contribution in [1.29, 1.82) is 0 Å². The fraction of sp³-hybridized carbons (Fsp3) is 0.759. The Bertz CT molecular complexity index is 1080. The van der Waals surface area contributed by atoms with Gasteiger partial charge in [-0.2, -0.15) is 8.42 Å². The Labute approximate surface area is 227 Å². The van der Waals surface area contributed by atoms with Crippen LogP contribution in [0.2, 0.25) is 0 Å². The van der Waals surface area contributed by atoms with Crippen molar-refractivity contribution in [3.63, 3.8) is 0 Å². The van der Waals surface area contributed by atoms with Crippen LogP contribution in [0.3, 0.4) is 0 Å². The van der Waals surface area contributed by atoms with Gasteiger partial charge in [-0.25, -0.2) is 0 Å². The minimum absolute atomic E-state index is 0.0152. The topological polar surface area (TPSA) is 96.4 Å². The SMILES string of the molecule is CC1(C)[C@H]2CC[C@]1(CS(=O)(=O)O)C(=O)C2.c1ccc(N2CCN(C[C@@H]3COC4(CCCCC4)O3)CC2)cc1. The van der Waals surface area contributed by atoms with Crippen LogP contribution in [0.25, 0.3) is 0 Å². The quantitative estimate of drug-likeness (QED) is 0.548. The molecule has 1 aromatic rings. The molecular formula is C29H44N2O6S. The maximum Gasteiger partial charge on any atom is 0.265 e. The van der Waals surface area contributed by atoms with Crippen LogP contribution in [-0.4, -0.2) is 80.6 Å². The van der Waals surface area contributed by atoms with Crippen molar-refractivity contribution in [3.05, 3.63) is 30.3 Å². The van der Waals surface area contributed by atoms with Gasteiger partial charge in [-0.1, -0.05) is 38.5 Å². The summed E-state index contributed by atoms with van der Waals surface area (Å²) in [6, 6.07) is 10.7. The first kappa shape index (κ1) is 28.0. The molecule has 3 aliphatic carbocycles. The smallest absolute Gasteiger partial charge is 0.265 e. The van der Waals surface area contributed by atoms with Gasteiger partial charge >= 0.3 is 0 Å². The van der Waals surface area contributed by atoms with Crippen molar-refractivity contribution in [2.75, 3.05) is 50.0 Å². The first-order valence-electron chi connectivity index (χ1n) is 14.3. The number of para-hydroxylation sites is 1. The first-order chi connectivity index (χ1) is 18.0. The number of anilines is 1. The monoisotopic (exact) mass is 548 g/mol. The minimum Gasteiger partial charge on any atom is -0.369 e. The molecule has 2 bridgehead atoms. The van der Waals surface area contributed by atoms with Crippen LogP contribution >= 0.6 is 0 Å². The number of piperazine rings is 1. The lowest BCUT2D eigenvalue weighted by molar-refractivity contribution is -0.188. The summed E-state index contributed by atoms with van der Waals surface area (Å²) >= 11 is 0. The van der Waals surface area contributed by atoms with Gasteiger partial charge in [-0.05, 0) is 49.1 Å². The summed E-state index contributed by atoms with van der Waals surface area (Å²) in [7, 11) is -4.08. The number of carbonyl (C=O) groups is 1. The van der Waals surface area contributed by atoms with Crippen molar-refractivity contribution in [2.24, 2.45) is 16.7 Å². The maximum atomic E-state index is 11.9. The van der Waals surface area contributed by atoms with Crippen LogP contribution in [-0.2, 0) is 24.4 Å². The second kappa shape index (κ2) is 10.8. The van der Waals surface area contributed by atoms with E-state index in [9.17, 15) is 13.2 Å². The van der Waals surface area contributed by atoms with Gasteiger partial charge in [0.2, 0.25) is 0 Å². The van der Waals surface area contributed by atoms with Crippen LogP contribution < -0.4 is 4.90 Å². The zero-order valence-corrected chi connectivity index (χ0v) is 23.8. The van der Waals surface area contributed by atoms with Gasteiger partial charge in [0.15, 0.2) is 5.79 Å². The third-order valence-corrected chi connectivity index (χ3v) is 10.9. The predicted molar refractivity (Wildman–Crippen MR) is 147 cm³/mol. The standard InChI is InChI=1S/C19H28N2O2.C10H16O4S/c1-3-7-17(8-4-1)21-13-11-20(12-14-21)15-18-16-22-19(23-18)9-5-2-6-10-19;1-9(2)7-3-4-10(9,8(11)5-7)6-15(12,13)14/h1,3-4,7-8,18H,2,5-6,9-16H2;7H,3-6H2,1-2H3,(H,12,13,14)/t18-;7-,10-/m10/s1. The normalized spacial score (nSPS) is 32.4. The van der Waals surface area contributed by atoms with E-state index >= 15 is 0 Å². The van der Waals surface area contributed by atoms with Crippen molar-refractivity contribution in [3.8, 4) is 0 Å². The molecule has 5 aliphatic rings. The average molecular weight is 549 g/mol. The Kier molecular flexibility index (Phi) is 7.97. The summed E-state index contributed by atoms with van der Waals surface area (Å²) in [5.74, 6) is -0.329. The van der Waals surface area contributed by atoms with E-state index in [0.717, 1.165) is 58.6 Å². The summed E-state index contributed by atoms with van der Waals surface area (Å²) < 4.78 is 43.4. The molecule has 2 heterocycles. The van der Waals surface area contributed by atoms with Crippen LogP contribution in [0, 0.1) is 16.7 Å². The molecule has 0 unspecified atom stereocenters. The molecule has 3 atom stereocenters. The lowest BCUT2D eigenvalue weighted by Crippen LogP contribution is -2.49. The molecule has 0 aromatic heterocycles. The van der Waals surface area contributed by atoms with E-state index in [4.69, 9.17) is 14.0 Å². The number of benzene rings is 1.